The smallest absolute Gasteiger partial charge is 0.239 e. The van der Waals surface area contributed by atoms with Crippen molar-refractivity contribution in [3.8, 4) is 0 Å². The van der Waals surface area contributed by atoms with Gasteiger partial charge in [0.25, 0.3) is 0 Å². The summed E-state index contributed by atoms with van der Waals surface area (Å²) in [6.07, 6.45) is 2.33. The van der Waals surface area contributed by atoms with Gasteiger partial charge in [0.1, 0.15) is 0 Å². The third-order valence-corrected chi connectivity index (χ3v) is 4.11. The van der Waals surface area contributed by atoms with E-state index in [0.29, 0.717) is 13.1 Å². The summed E-state index contributed by atoms with van der Waals surface area (Å²) in [6.45, 7) is 1.78. The number of benzene rings is 2. The second kappa shape index (κ2) is 6.79. The maximum atomic E-state index is 12.0. The Morgan fingerprint density at radius 2 is 2.09 bits per heavy atom. The molecule has 0 aliphatic carbocycles. The minimum atomic E-state index is 0.0335. The van der Waals surface area contributed by atoms with E-state index in [4.69, 9.17) is 4.74 Å². The fourth-order valence-electron chi connectivity index (χ4n) is 2.81. The van der Waals surface area contributed by atoms with E-state index in [0.717, 1.165) is 25.1 Å². The quantitative estimate of drug-likeness (QED) is 0.922. The number of carbonyl (C=O) groups is 1. The predicted molar refractivity (Wildman–Crippen MR) is 89.2 cm³/mol. The number of anilines is 1. The number of likely N-dealkylation sites (N-methyl/N-ethyl adjacent to an activating group) is 1. The van der Waals surface area contributed by atoms with Crippen molar-refractivity contribution in [1.29, 1.82) is 0 Å². The Hall–Kier alpha value is -2.07. The van der Waals surface area contributed by atoms with E-state index in [1.807, 2.05) is 24.1 Å². The predicted octanol–water partition coefficient (Wildman–Crippen LogP) is 2.57. The van der Waals surface area contributed by atoms with Crippen LogP contribution in [0.15, 0.2) is 42.5 Å². The van der Waals surface area contributed by atoms with Crippen LogP contribution >= 0.6 is 0 Å². The molecular formula is C18H22N2O2. The second-order valence-electron chi connectivity index (χ2n) is 5.83. The lowest BCUT2D eigenvalue weighted by Gasteiger charge is -2.20. The van der Waals surface area contributed by atoms with Crippen LogP contribution in [-0.4, -0.2) is 38.8 Å². The Morgan fingerprint density at radius 3 is 2.86 bits per heavy atom. The number of nitrogens with one attached hydrogen (secondary N) is 1. The fraction of sp³-hybridized carbons (Fsp3) is 0.389. The molecule has 2 aromatic rings. The molecule has 0 spiro atoms. The van der Waals surface area contributed by atoms with Gasteiger partial charge in [0.15, 0.2) is 0 Å². The number of ether oxygens (including phenoxy) is 1. The molecule has 1 N–H and O–H groups in total. The van der Waals surface area contributed by atoms with Gasteiger partial charge in [-0.25, -0.2) is 0 Å². The van der Waals surface area contributed by atoms with E-state index in [-0.39, 0.29) is 12.0 Å². The summed E-state index contributed by atoms with van der Waals surface area (Å²) in [4.78, 5) is 14.0. The topological polar surface area (TPSA) is 41.6 Å². The van der Waals surface area contributed by atoms with Crippen molar-refractivity contribution >= 4 is 22.4 Å². The first-order valence-corrected chi connectivity index (χ1v) is 7.80. The summed E-state index contributed by atoms with van der Waals surface area (Å²) < 4.78 is 5.51. The molecule has 22 heavy (non-hydrogen) atoms. The van der Waals surface area contributed by atoms with Crippen LogP contribution < -0.4 is 10.2 Å². The van der Waals surface area contributed by atoms with E-state index >= 15 is 0 Å². The van der Waals surface area contributed by atoms with E-state index in [1.54, 1.807) is 0 Å². The zero-order chi connectivity index (χ0) is 15.4. The Labute approximate surface area is 131 Å². The van der Waals surface area contributed by atoms with Gasteiger partial charge >= 0.3 is 0 Å². The van der Waals surface area contributed by atoms with Gasteiger partial charge < -0.3 is 15.0 Å². The lowest BCUT2D eigenvalue weighted by molar-refractivity contribution is -0.120. The average Bonchev–Trinajstić information content (AvgIpc) is 3.06. The highest BCUT2D eigenvalue weighted by Crippen LogP contribution is 2.21. The maximum absolute atomic E-state index is 12.0. The summed E-state index contributed by atoms with van der Waals surface area (Å²) in [7, 11) is 1.94. The molecule has 0 aromatic heterocycles. The van der Waals surface area contributed by atoms with Crippen molar-refractivity contribution in [3.63, 3.8) is 0 Å². The van der Waals surface area contributed by atoms with Gasteiger partial charge in [-0.3, -0.25) is 4.79 Å². The molecule has 0 bridgehead atoms. The zero-order valence-corrected chi connectivity index (χ0v) is 12.9. The Morgan fingerprint density at radius 1 is 1.27 bits per heavy atom. The molecule has 2 aromatic carbocycles. The van der Waals surface area contributed by atoms with E-state index in [2.05, 4.69) is 35.6 Å². The molecule has 4 nitrogen and oxygen atoms in total. The molecule has 1 fully saturated rings. The van der Waals surface area contributed by atoms with Crippen LogP contribution in [0.2, 0.25) is 0 Å². The normalized spacial score (nSPS) is 17.6. The third kappa shape index (κ3) is 3.57. The summed E-state index contributed by atoms with van der Waals surface area (Å²) in [5.41, 5.74) is 1.05. The van der Waals surface area contributed by atoms with Crippen molar-refractivity contribution in [1.82, 2.24) is 5.32 Å². The molecule has 3 rings (SSSR count). The number of amides is 1. The first-order valence-electron chi connectivity index (χ1n) is 7.80. The van der Waals surface area contributed by atoms with Gasteiger partial charge in [0.2, 0.25) is 5.91 Å². The summed E-state index contributed by atoms with van der Waals surface area (Å²) >= 11 is 0. The minimum Gasteiger partial charge on any atom is -0.376 e. The molecule has 0 saturated carbocycles. The molecule has 1 aliphatic heterocycles. The van der Waals surface area contributed by atoms with Gasteiger partial charge in [0, 0.05) is 25.9 Å². The summed E-state index contributed by atoms with van der Waals surface area (Å²) in [5.74, 6) is 0.0335. The Balaban J connectivity index is 1.57. The van der Waals surface area contributed by atoms with Crippen molar-refractivity contribution in [2.24, 2.45) is 0 Å². The fourth-order valence-corrected chi connectivity index (χ4v) is 2.81. The average molecular weight is 298 g/mol. The SMILES string of the molecule is CN(CC(=O)NCC1CCCO1)c1ccc2ccccc2c1. The first-order chi connectivity index (χ1) is 10.7. The maximum Gasteiger partial charge on any atom is 0.239 e. The highest BCUT2D eigenvalue weighted by Gasteiger charge is 2.16. The highest BCUT2D eigenvalue weighted by atomic mass is 16.5. The number of rotatable bonds is 5. The van der Waals surface area contributed by atoms with Gasteiger partial charge in [-0.1, -0.05) is 30.3 Å². The lowest BCUT2D eigenvalue weighted by Crippen LogP contribution is -2.38. The van der Waals surface area contributed by atoms with Crippen molar-refractivity contribution in [2.45, 2.75) is 18.9 Å². The summed E-state index contributed by atoms with van der Waals surface area (Å²) in [6, 6.07) is 14.5. The number of hydrogen-bond donors (Lipinski definition) is 1. The Bertz CT molecular complexity index is 650. The van der Waals surface area contributed by atoms with Crippen LogP contribution in [0.1, 0.15) is 12.8 Å². The molecular weight excluding hydrogens is 276 g/mol. The largest absolute Gasteiger partial charge is 0.376 e. The van der Waals surface area contributed by atoms with E-state index < -0.39 is 0 Å². The summed E-state index contributed by atoms with van der Waals surface area (Å²) in [5, 5.41) is 5.35. The molecule has 116 valence electrons. The third-order valence-electron chi connectivity index (χ3n) is 4.11. The molecule has 1 atom stereocenters. The molecule has 1 amide bonds. The van der Waals surface area contributed by atoms with Crippen LogP contribution in [0.3, 0.4) is 0 Å². The van der Waals surface area contributed by atoms with Gasteiger partial charge in [-0.05, 0) is 35.7 Å². The Kier molecular flexibility index (Phi) is 4.59. The standard InChI is InChI=1S/C18H22N2O2/c1-20(13-18(21)19-12-17-7-4-10-22-17)16-9-8-14-5-2-3-6-15(14)11-16/h2-3,5-6,8-9,11,17H,4,7,10,12-13H2,1H3,(H,19,21). The zero-order valence-electron chi connectivity index (χ0n) is 12.9. The highest BCUT2D eigenvalue weighted by molar-refractivity contribution is 5.87. The number of nitrogens with zero attached hydrogens (tertiary/aromatic N) is 1. The number of fused-ring (bicyclic) bond motifs is 1. The van der Waals surface area contributed by atoms with Crippen LogP contribution in [0.4, 0.5) is 5.69 Å². The van der Waals surface area contributed by atoms with Crippen molar-refractivity contribution in [3.05, 3.63) is 42.5 Å². The number of hydrogen-bond acceptors (Lipinski definition) is 3. The lowest BCUT2D eigenvalue weighted by atomic mass is 10.1. The van der Waals surface area contributed by atoms with Gasteiger partial charge in [-0.2, -0.15) is 0 Å². The molecule has 0 radical (unpaired) electrons. The van der Waals surface area contributed by atoms with Crippen LogP contribution in [0.5, 0.6) is 0 Å². The van der Waals surface area contributed by atoms with Crippen LogP contribution in [0.25, 0.3) is 10.8 Å². The number of carbonyl (C=O) groups excluding carboxylic acids is 1. The molecule has 1 saturated heterocycles. The molecule has 1 aliphatic rings. The minimum absolute atomic E-state index is 0.0335. The van der Waals surface area contributed by atoms with E-state index in [1.165, 1.54) is 10.8 Å². The molecule has 4 heteroatoms. The molecule has 1 unspecified atom stereocenters. The monoisotopic (exact) mass is 298 g/mol. The molecule has 1 heterocycles. The second-order valence-corrected chi connectivity index (χ2v) is 5.83. The van der Waals surface area contributed by atoms with Gasteiger partial charge in [0.05, 0.1) is 12.6 Å². The van der Waals surface area contributed by atoms with Crippen molar-refractivity contribution in [2.75, 3.05) is 31.6 Å². The van der Waals surface area contributed by atoms with Crippen LogP contribution in [0, 0.1) is 0 Å². The van der Waals surface area contributed by atoms with Gasteiger partial charge in [-0.15, -0.1) is 0 Å². The first kappa shape index (κ1) is 14.9. The van der Waals surface area contributed by atoms with Crippen molar-refractivity contribution < 1.29 is 9.53 Å². The van der Waals surface area contributed by atoms with Crippen LogP contribution in [-0.2, 0) is 9.53 Å². The van der Waals surface area contributed by atoms with E-state index in [9.17, 15) is 4.79 Å².